The Morgan fingerprint density at radius 3 is 2.40 bits per heavy atom. The predicted molar refractivity (Wildman–Crippen MR) is 128 cm³/mol. The van der Waals surface area contributed by atoms with Crippen molar-refractivity contribution < 1.29 is 0 Å². The molecule has 0 bridgehead atoms. The number of nitrogens with zero attached hydrogens (tertiary/aromatic N) is 4. The van der Waals surface area contributed by atoms with Crippen LogP contribution in [0.15, 0.2) is 36.4 Å². The van der Waals surface area contributed by atoms with Crippen LogP contribution in [-0.2, 0) is 0 Å². The largest absolute Gasteiger partial charge is 0.356 e. The average molecular weight is 425 g/mol. The second kappa shape index (κ2) is 9.60. The van der Waals surface area contributed by atoms with Crippen LogP contribution in [0.2, 0.25) is 0 Å². The lowest BCUT2D eigenvalue weighted by Crippen LogP contribution is -2.36. The number of piperidine rings is 1. The maximum absolute atomic E-state index is 5.58. The van der Waals surface area contributed by atoms with E-state index in [-0.39, 0.29) is 6.04 Å². The molecule has 2 aliphatic rings. The molecule has 2 aliphatic heterocycles. The van der Waals surface area contributed by atoms with Crippen LogP contribution in [0.5, 0.6) is 0 Å². The molecule has 2 aromatic rings. The molecule has 0 spiro atoms. The Bertz CT molecular complexity index is 852. The maximum Gasteiger partial charge on any atom is 0.232 e. The zero-order chi connectivity index (χ0) is 20.9. The van der Waals surface area contributed by atoms with Gasteiger partial charge in [-0.2, -0.15) is 9.97 Å². The van der Waals surface area contributed by atoms with Crippen molar-refractivity contribution in [3.05, 3.63) is 42.0 Å². The smallest absolute Gasteiger partial charge is 0.232 e. The second-order valence-electron chi connectivity index (χ2n) is 8.53. The van der Waals surface area contributed by atoms with Crippen LogP contribution >= 0.6 is 12.2 Å². The number of nitrogens with one attached hydrogen (secondary N) is 2. The molecular weight excluding hydrogens is 392 g/mol. The number of hydrogen-bond donors (Lipinski definition) is 2. The lowest BCUT2D eigenvalue weighted by Gasteiger charge is -2.32. The van der Waals surface area contributed by atoms with Crippen molar-refractivity contribution in [3.8, 4) is 0 Å². The molecule has 0 saturated carbocycles. The number of anilines is 3. The highest BCUT2D eigenvalue weighted by molar-refractivity contribution is 7.80. The van der Waals surface area contributed by atoms with Gasteiger partial charge < -0.3 is 20.4 Å². The maximum atomic E-state index is 5.58. The molecule has 4 rings (SSSR count). The molecule has 0 amide bonds. The predicted octanol–water partition coefficient (Wildman–Crippen LogP) is 4.36. The minimum atomic E-state index is 0.107. The summed E-state index contributed by atoms with van der Waals surface area (Å²) in [6.07, 6.45) is 4.94. The fourth-order valence-corrected chi connectivity index (χ4v) is 4.57. The molecule has 0 radical (unpaired) electrons. The first kappa shape index (κ1) is 20.8. The summed E-state index contributed by atoms with van der Waals surface area (Å²) in [4.78, 5) is 14.4. The summed E-state index contributed by atoms with van der Waals surface area (Å²) in [6, 6.07) is 12.6. The summed E-state index contributed by atoms with van der Waals surface area (Å²) < 4.78 is 0. The fraction of sp³-hybridized carbons (Fsp3) is 0.522. The van der Waals surface area contributed by atoms with Crippen molar-refractivity contribution in [2.75, 3.05) is 41.3 Å². The number of thiocarbonyl (C=S) groups is 1. The third kappa shape index (κ3) is 5.19. The molecule has 2 atom stereocenters. The van der Waals surface area contributed by atoms with Gasteiger partial charge in [-0.15, -0.1) is 0 Å². The molecule has 0 aliphatic carbocycles. The molecule has 6 nitrogen and oxygen atoms in total. The fourth-order valence-electron chi connectivity index (χ4n) is 4.30. The van der Waals surface area contributed by atoms with Gasteiger partial charge in [0.2, 0.25) is 5.95 Å². The van der Waals surface area contributed by atoms with Crippen molar-refractivity contribution in [3.63, 3.8) is 0 Å². The number of hydrogen-bond acceptors (Lipinski definition) is 5. The van der Waals surface area contributed by atoms with Crippen LogP contribution in [0.3, 0.4) is 0 Å². The van der Waals surface area contributed by atoms with Crippen molar-refractivity contribution in [1.29, 1.82) is 0 Å². The van der Waals surface area contributed by atoms with E-state index in [0.29, 0.717) is 17.0 Å². The summed E-state index contributed by atoms with van der Waals surface area (Å²) in [5.41, 5.74) is 1.19. The molecule has 7 heteroatoms. The standard InChI is InChI=1S/C23H32N6S/c1-17-9-8-14-29(16-17)21-15-20(28-12-6-7-13-28)25-22(26-21)27-23(30)24-18(2)19-10-4-3-5-11-19/h3-5,10-11,15,17-18H,6-9,12-14,16H2,1-2H3,(H2,24,25,26,27,30). The summed E-state index contributed by atoms with van der Waals surface area (Å²) >= 11 is 5.58. The van der Waals surface area contributed by atoms with E-state index in [1.54, 1.807) is 0 Å². The lowest BCUT2D eigenvalue weighted by atomic mass is 10.0. The molecular formula is C23H32N6S. The van der Waals surface area contributed by atoms with Gasteiger partial charge in [0.15, 0.2) is 5.11 Å². The summed E-state index contributed by atoms with van der Waals surface area (Å²) in [6.45, 7) is 8.63. The highest BCUT2D eigenvalue weighted by Crippen LogP contribution is 2.27. The Morgan fingerprint density at radius 2 is 1.70 bits per heavy atom. The quantitative estimate of drug-likeness (QED) is 0.692. The van der Waals surface area contributed by atoms with E-state index < -0.39 is 0 Å². The van der Waals surface area contributed by atoms with Crippen LogP contribution in [0.25, 0.3) is 0 Å². The Labute approximate surface area is 185 Å². The van der Waals surface area contributed by atoms with Crippen molar-refractivity contribution in [1.82, 2.24) is 15.3 Å². The lowest BCUT2D eigenvalue weighted by molar-refractivity contribution is 0.444. The van der Waals surface area contributed by atoms with Crippen LogP contribution in [-0.4, -0.2) is 41.3 Å². The monoisotopic (exact) mass is 424 g/mol. The Balaban J connectivity index is 1.51. The van der Waals surface area contributed by atoms with Gasteiger partial charge in [-0.1, -0.05) is 37.3 Å². The Morgan fingerprint density at radius 1 is 1.03 bits per heavy atom. The molecule has 2 unspecified atom stereocenters. The zero-order valence-corrected chi connectivity index (χ0v) is 18.8. The van der Waals surface area contributed by atoms with Crippen molar-refractivity contribution in [2.45, 2.75) is 45.6 Å². The summed E-state index contributed by atoms with van der Waals surface area (Å²) in [5.74, 6) is 3.26. The van der Waals surface area contributed by atoms with Gasteiger partial charge in [0.1, 0.15) is 11.6 Å². The first-order valence-electron chi connectivity index (χ1n) is 11.1. The molecule has 160 valence electrons. The summed E-state index contributed by atoms with van der Waals surface area (Å²) in [7, 11) is 0. The van der Waals surface area contributed by atoms with Crippen molar-refractivity contribution in [2.24, 2.45) is 5.92 Å². The van der Waals surface area contributed by atoms with E-state index in [4.69, 9.17) is 22.2 Å². The van der Waals surface area contributed by atoms with Gasteiger partial charge in [-0.3, -0.25) is 0 Å². The highest BCUT2D eigenvalue weighted by Gasteiger charge is 2.22. The Kier molecular flexibility index (Phi) is 6.67. The average Bonchev–Trinajstić information content (AvgIpc) is 3.29. The van der Waals surface area contributed by atoms with Crippen LogP contribution in [0.1, 0.15) is 51.1 Å². The number of rotatable bonds is 5. The van der Waals surface area contributed by atoms with E-state index >= 15 is 0 Å². The van der Waals surface area contributed by atoms with Crippen LogP contribution < -0.4 is 20.4 Å². The summed E-state index contributed by atoms with van der Waals surface area (Å²) in [5, 5.41) is 7.14. The highest BCUT2D eigenvalue weighted by atomic mass is 32.1. The second-order valence-corrected chi connectivity index (χ2v) is 8.93. The number of benzene rings is 1. The molecule has 2 fully saturated rings. The van der Waals surface area contributed by atoms with Gasteiger partial charge in [0.05, 0.1) is 6.04 Å². The van der Waals surface area contributed by atoms with Crippen molar-refractivity contribution >= 4 is 34.9 Å². The van der Waals surface area contributed by atoms with E-state index in [2.05, 4.69) is 52.5 Å². The number of aromatic nitrogens is 2. The van der Waals surface area contributed by atoms with Gasteiger partial charge in [0.25, 0.3) is 0 Å². The third-order valence-corrected chi connectivity index (χ3v) is 6.20. The van der Waals surface area contributed by atoms with E-state index in [1.165, 1.54) is 31.2 Å². The van der Waals surface area contributed by atoms with E-state index in [1.807, 2.05) is 18.2 Å². The first-order valence-corrected chi connectivity index (χ1v) is 11.5. The molecule has 2 N–H and O–H groups in total. The van der Waals surface area contributed by atoms with Gasteiger partial charge >= 0.3 is 0 Å². The van der Waals surface area contributed by atoms with Gasteiger partial charge in [-0.25, -0.2) is 0 Å². The topological polar surface area (TPSA) is 56.3 Å². The normalized spacial score (nSPS) is 20.1. The van der Waals surface area contributed by atoms with E-state index in [0.717, 1.165) is 37.8 Å². The van der Waals surface area contributed by atoms with Gasteiger partial charge in [-0.05, 0) is 56.3 Å². The van der Waals surface area contributed by atoms with Gasteiger partial charge in [0, 0.05) is 32.2 Å². The SMILES string of the molecule is CC1CCCN(c2cc(N3CCCC3)nc(NC(=S)NC(C)c3ccccc3)n2)C1. The first-order chi connectivity index (χ1) is 14.6. The molecule has 1 aromatic carbocycles. The minimum absolute atomic E-state index is 0.107. The minimum Gasteiger partial charge on any atom is -0.356 e. The Hall–Kier alpha value is -2.41. The molecule has 30 heavy (non-hydrogen) atoms. The molecule has 3 heterocycles. The molecule has 1 aromatic heterocycles. The van der Waals surface area contributed by atoms with Crippen LogP contribution in [0.4, 0.5) is 17.6 Å². The van der Waals surface area contributed by atoms with E-state index in [9.17, 15) is 0 Å². The third-order valence-electron chi connectivity index (χ3n) is 5.98. The molecule has 2 saturated heterocycles. The zero-order valence-electron chi connectivity index (χ0n) is 18.0. The van der Waals surface area contributed by atoms with Crippen LogP contribution in [0, 0.1) is 5.92 Å².